The lowest BCUT2D eigenvalue weighted by molar-refractivity contribution is -0.137. The van der Waals surface area contributed by atoms with Crippen molar-refractivity contribution in [3.63, 3.8) is 0 Å². The van der Waals surface area contributed by atoms with Crippen molar-refractivity contribution in [2.24, 2.45) is 0 Å². The minimum absolute atomic E-state index is 0.0342. The van der Waals surface area contributed by atoms with Gasteiger partial charge >= 0.3 is 6.18 Å². The van der Waals surface area contributed by atoms with Crippen LogP contribution in [-0.2, 0) is 11.0 Å². The molecule has 0 unspecified atom stereocenters. The van der Waals surface area contributed by atoms with Gasteiger partial charge in [-0.3, -0.25) is 9.69 Å². The maximum Gasteiger partial charge on any atom is 0.416 e. The smallest absolute Gasteiger partial charge is 0.381 e. The maximum atomic E-state index is 12.8. The second-order valence-corrected chi connectivity index (χ2v) is 6.75. The summed E-state index contributed by atoms with van der Waals surface area (Å²) in [6, 6.07) is 2.87. The first kappa shape index (κ1) is 19.5. The molecular weight excluding hydrogens is 379 g/mol. The normalized spacial score (nSPS) is 17.8. The second-order valence-electron chi connectivity index (χ2n) is 6.34. The molecule has 1 aromatic carbocycles. The van der Waals surface area contributed by atoms with E-state index in [2.05, 4.69) is 16.7 Å². The van der Waals surface area contributed by atoms with Crippen molar-refractivity contribution in [2.45, 2.75) is 12.6 Å². The molecule has 2 heterocycles. The lowest BCUT2D eigenvalue weighted by Gasteiger charge is -2.27. The molecule has 8 heteroatoms. The predicted octanol–water partition coefficient (Wildman–Crippen LogP) is 3.97. The fraction of sp³-hybridized carbons (Fsp3) is 0.316. The van der Waals surface area contributed by atoms with Gasteiger partial charge in [-0.25, -0.2) is 0 Å². The molecule has 2 aliphatic heterocycles. The van der Waals surface area contributed by atoms with Crippen LogP contribution < -0.4 is 10.6 Å². The van der Waals surface area contributed by atoms with E-state index in [1.807, 2.05) is 23.1 Å². The van der Waals surface area contributed by atoms with E-state index in [4.69, 9.17) is 11.6 Å². The highest BCUT2D eigenvalue weighted by Crippen LogP contribution is 2.33. The molecule has 0 aromatic heterocycles. The fourth-order valence-electron chi connectivity index (χ4n) is 2.97. The number of amides is 1. The van der Waals surface area contributed by atoms with Crippen LogP contribution in [0.25, 0.3) is 0 Å². The van der Waals surface area contributed by atoms with E-state index in [0.717, 1.165) is 36.9 Å². The molecule has 27 heavy (non-hydrogen) atoms. The van der Waals surface area contributed by atoms with Crippen LogP contribution in [0.4, 0.5) is 18.9 Å². The van der Waals surface area contributed by atoms with Crippen molar-refractivity contribution in [3.05, 3.63) is 64.4 Å². The van der Waals surface area contributed by atoms with Crippen molar-refractivity contribution in [1.82, 2.24) is 10.2 Å². The van der Waals surface area contributed by atoms with Crippen molar-refractivity contribution in [3.8, 4) is 0 Å². The molecule has 1 amide bonds. The summed E-state index contributed by atoms with van der Waals surface area (Å²) in [4.78, 5) is 14.2. The number of halogens is 4. The number of nitrogens with zero attached hydrogens (tertiary/aromatic N) is 1. The number of alkyl halides is 3. The second kappa shape index (κ2) is 8.19. The number of hydrogen-bond donors (Lipinski definition) is 2. The molecular formula is C19H19ClF3N3O. The van der Waals surface area contributed by atoms with Crippen LogP contribution in [0.1, 0.15) is 12.0 Å². The molecule has 0 bridgehead atoms. The highest BCUT2D eigenvalue weighted by molar-refractivity contribution is 6.33. The number of rotatable bonds is 4. The third kappa shape index (κ3) is 5.14. The van der Waals surface area contributed by atoms with Crippen LogP contribution in [0, 0.1) is 0 Å². The van der Waals surface area contributed by atoms with Crippen LogP contribution in [0.5, 0.6) is 0 Å². The Morgan fingerprint density at radius 1 is 1.33 bits per heavy atom. The Labute approximate surface area is 160 Å². The number of nitrogens with one attached hydrogen (secondary N) is 2. The molecule has 0 aliphatic carbocycles. The number of hydrogen-bond acceptors (Lipinski definition) is 3. The summed E-state index contributed by atoms with van der Waals surface area (Å²) in [5.74, 6) is -0.397. The molecule has 144 valence electrons. The fourth-order valence-corrected chi connectivity index (χ4v) is 3.14. The molecule has 0 radical (unpaired) electrons. The molecule has 0 fully saturated rings. The monoisotopic (exact) mass is 397 g/mol. The zero-order valence-electron chi connectivity index (χ0n) is 14.4. The molecule has 3 rings (SSSR count). The van der Waals surface area contributed by atoms with Gasteiger partial charge in [0.25, 0.3) is 0 Å². The van der Waals surface area contributed by atoms with E-state index in [0.29, 0.717) is 13.1 Å². The number of anilines is 1. The third-order valence-electron chi connectivity index (χ3n) is 4.38. The lowest BCUT2D eigenvalue weighted by atomic mass is 10.0. The third-order valence-corrected chi connectivity index (χ3v) is 4.71. The molecule has 0 saturated carbocycles. The molecule has 1 aromatic rings. The van der Waals surface area contributed by atoms with Gasteiger partial charge in [0, 0.05) is 25.3 Å². The maximum absolute atomic E-state index is 12.8. The first-order valence-corrected chi connectivity index (χ1v) is 8.90. The van der Waals surface area contributed by atoms with Crippen LogP contribution in [-0.4, -0.2) is 37.0 Å². The Morgan fingerprint density at radius 2 is 2.15 bits per heavy atom. The van der Waals surface area contributed by atoms with Crippen molar-refractivity contribution in [2.75, 3.05) is 31.5 Å². The quantitative estimate of drug-likeness (QED) is 0.808. The van der Waals surface area contributed by atoms with E-state index in [1.54, 1.807) is 0 Å². The van der Waals surface area contributed by atoms with Crippen LogP contribution >= 0.6 is 11.6 Å². The standard InChI is InChI=1S/C19H19ClF3N3O/c20-15-5-4-14(19(21,22)23)11-17(15)25-18(27)12-26-9-6-13(7-10-26)16-3-1-2-8-24-16/h1-6,11,24H,7-10,12H2,(H,25,27). The van der Waals surface area contributed by atoms with E-state index in [9.17, 15) is 18.0 Å². The van der Waals surface area contributed by atoms with E-state index in [1.165, 1.54) is 5.57 Å². The Morgan fingerprint density at radius 3 is 2.78 bits per heavy atom. The number of carbonyl (C=O) groups is 1. The minimum Gasteiger partial charge on any atom is -0.381 e. The number of dihydropyridines is 1. The Bertz CT molecular complexity index is 815. The van der Waals surface area contributed by atoms with Gasteiger partial charge in [0.15, 0.2) is 0 Å². The van der Waals surface area contributed by atoms with E-state index >= 15 is 0 Å². The van der Waals surface area contributed by atoms with Gasteiger partial charge in [-0.1, -0.05) is 29.8 Å². The van der Waals surface area contributed by atoms with Gasteiger partial charge in [-0.15, -0.1) is 0 Å². The molecule has 2 aliphatic rings. The lowest BCUT2D eigenvalue weighted by Crippen LogP contribution is -2.37. The molecule has 0 atom stereocenters. The van der Waals surface area contributed by atoms with Crippen molar-refractivity contribution >= 4 is 23.2 Å². The van der Waals surface area contributed by atoms with Crippen molar-refractivity contribution in [1.29, 1.82) is 0 Å². The number of allylic oxidation sites excluding steroid dienone is 3. The van der Waals surface area contributed by atoms with E-state index in [-0.39, 0.29) is 17.3 Å². The Balaban J connectivity index is 1.58. The largest absolute Gasteiger partial charge is 0.416 e. The van der Waals surface area contributed by atoms with Gasteiger partial charge in [0.2, 0.25) is 5.91 Å². The minimum atomic E-state index is -4.49. The summed E-state index contributed by atoms with van der Waals surface area (Å²) in [5, 5.41) is 5.85. The van der Waals surface area contributed by atoms with Gasteiger partial charge in [0.05, 0.1) is 22.8 Å². The molecule has 0 spiro atoms. The first-order valence-electron chi connectivity index (χ1n) is 8.52. The van der Waals surface area contributed by atoms with Gasteiger partial charge in [-0.2, -0.15) is 13.2 Å². The van der Waals surface area contributed by atoms with E-state index < -0.39 is 17.6 Å². The Hall–Kier alpha value is -2.25. The Kier molecular flexibility index (Phi) is 5.92. The summed E-state index contributed by atoms with van der Waals surface area (Å²) >= 11 is 5.91. The summed E-state index contributed by atoms with van der Waals surface area (Å²) < 4.78 is 38.4. The average Bonchev–Trinajstić information content (AvgIpc) is 2.64. The highest BCUT2D eigenvalue weighted by atomic mass is 35.5. The highest BCUT2D eigenvalue weighted by Gasteiger charge is 2.31. The summed E-state index contributed by atoms with van der Waals surface area (Å²) in [6.07, 6.45) is 4.42. The summed E-state index contributed by atoms with van der Waals surface area (Å²) in [5.41, 5.74) is 1.41. The SMILES string of the molecule is O=C(CN1CC=C(C2=CC=CCN2)CC1)Nc1cc(C(F)(F)F)ccc1Cl. The van der Waals surface area contributed by atoms with Gasteiger partial charge in [0.1, 0.15) is 0 Å². The van der Waals surface area contributed by atoms with Crippen LogP contribution in [0.15, 0.2) is 53.8 Å². The van der Waals surface area contributed by atoms with Crippen LogP contribution in [0.2, 0.25) is 5.02 Å². The summed E-state index contributed by atoms with van der Waals surface area (Å²) in [6.45, 7) is 2.18. The first-order chi connectivity index (χ1) is 12.8. The number of carbonyl (C=O) groups excluding carboxylic acids is 1. The average molecular weight is 398 g/mol. The predicted molar refractivity (Wildman–Crippen MR) is 99.4 cm³/mol. The molecule has 0 saturated heterocycles. The zero-order chi connectivity index (χ0) is 19.4. The van der Waals surface area contributed by atoms with Crippen LogP contribution in [0.3, 0.4) is 0 Å². The topological polar surface area (TPSA) is 44.4 Å². The molecule has 2 N–H and O–H groups in total. The van der Waals surface area contributed by atoms with Gasteiger partial charge < -0.3 is 10.6 Å². The zero-order valence-corrected chi connectivity index (χ0v) is 15.2. The summed E-state index contributed by atoms with van der Waals surface area (Å²) in [7, 11) is 0. The van der Waals surface area contributed by atoms with Gasteiger partial charge in [-0.05, 0) is 36.3 Å². The number of benzene rings is 1. The van der Waals surface area contributed by atoms with Crippen molar-refractivity contribution < 1.29 is 18.0 Å². The molecule has 4 nitrogen and oxygen atoms in total.